The number of carboxylic acids is 1. The van der Waals surface area contributed by atoms with Crippen LogP contribution in [0.5, 0.6) is 5.75 Å². The van der Waals surface area contributed by atoms with Gasteiger partial charge < -0.3 is 14.7 Å². The van der Waals surface area contributed by atoms with Gasteiger partial charge in [0, 0.05) is 18.5 Å². The molecule has 0 fully saturated rings. The molecule has 1 aromatic heterocycles. The van der Waals surface area contributed by atoms with Crippen molar-refractivity contribution in [3.05, 3.63) is 51.2 Å². The summed E-state index contributed by atoms with van der Waals surface area (Å²) in [5.41, 5.74) is 1.95. The lowest BCUT2D eigenvalue weighted by molar-refractivity contribution is -0.139. The molecule has 0 unspecified atom stereocenters. The second-order valence-electron chi connectivity index (χ2n) is 5.36. The van der Waals surface area contributed by atoms with Crippen LogP contribution in [0.15, 0.2) is 30.3 Å². The zero-order chi connectivity index (χ0) is 17.0. The minimum Gasteiger partial charge on any atom is -0.482 e. The third-order valence-corrected chi connectivity index (χ3v) is 4.43. The van der Waals surface area contributed by atoms with Crippen LogP contribution >= 0.6 is 11.3 Å². The highest BCUT2D eigenvalue weighted by molar-refractivity contribution is 7.14. The second kappa shape index (κ2) is 7.28. The van der Waals surface area contributed by atoms with Gasteiger partial charge in [-0.1, -0.05) is 12.1 Å². The second-order valence-corrected chi connectivity index (χ2v) is 6.61. The lowest BCUT2D eigenvalue weighted by Crippen LogP contribution is -2.25. The number of amides is 1. The maximum absolute atomic E-state index is 12.5. The summed E-state index contributed by atoms with van der Waals surface area (Å²) < 4.78 is 5.08. The van der Waals surface area contributed by atoms with Crippen molar-refractivity contribution in [3.63, 3.8) is 0 Å². The molecule has 1 heterocycles. The molecule has 122 valence electrons. The van der Waals surface area contributed by atoms with Crippen LogP contribution in [0.3, 0.4) is 0 Å². The van der Waals surface area contributed by atoms with Gasteiger partial charge in [0.2, 0.25) is 0 Å². The SMILES string of the molecule is Cc1cc(C)c(C(=O)N(C)Cc2ccc(OCC(=O)O)cc2)s1. The van der Waals surface area contributed by atoms with Gasteiger partial charge in [0.05, 0.1) is 4.88 Å². The van der Waals surface area contributed by atoms with Crippen LogP contribution in [0.1, 0.15) is 25.7 Å². The average Bonchev–Trinajstić information content (AvgIpc) is 2.84. The molecule has 23 heavy (non-hydrogen) atoms. The number of nitrogens with zero attached hydrogens (tertiary/aromatic N) is 1. The van der Waals surface area contributed by atoms with Gasteiger partial charge in [0.25, 0.3) is 5.91 Å². The normalized spacial score (nSPS) is 10.4. The highest BCUT2D eigenvalue weighted by atomic mass is 32.1. The van der Waals surface area contributed by atoms with Gasteiger partial charge in [0.15, 0.2) is 6.61 Å². The highest BCUT2D eigenvalue weighted by Crippen LogP contribution is 2.23. The fraction of sp³-hybridized carbons (Fsp3) is 0.294. The molecule has 1 amide bonds. The largest absolute Gasteiger partial charge is 0.482 e. The van der Waals surface area contributed by atoms with E-state index in [1.807, 2.05) is 32.0 Å². The molecule has 6 heteroatoms. The van der Waals surface area contributed by atoms with Crippen LogP contribution in [0.2, 0.25) is 0 Å². The van der Waals surface area contributed by atoms with E-state index in [4.69, 9.17) is 9.84 Å². The van der Waals surface area contributed by atoms with Crippen molar-refractivity contribution < 1.29 is 19.4 Å². The van der Waals surface area contributed by atoms with Crippen molar-refractivity contribution in [2.75, 3.05) is 13.7 Å². The Labute approximate surface area is 139 Å². The average molecular weight is 333 g/mol. The van der Waals surface area contributed by atoms with E-state index in [9.17, 15) is 9.59 Å². The third-order valence-electron chi connectivity index (χ3n) is 3.29. The van der Waals surface area contributed by atoms with Gasteiger partial charge in [-0.2, -0.15) is 0 Å². The minimum atomic E-state index is -1.01. The number of thiophene rings is 1. The number of benzene rings is 1. The number of ether oxygens (including phenoxy) is 1. The van der Waals surface area contributed by atoms with Crippen LogP contribution in [-0.2, 0) is 11.3 Å². The monoisotopic (exact) mass is 333 g/mol. The number of aryl methyl sites for hydroxylation is 2. The fourth-order valence-corrected chi connectivity index (χ4v) is 3.23. The molecule has 1 N–H and O–H groups in total. The first-order chi connectivity index (χ1) is 10.9. The molecule has 0 radical (unpaired) electrons. The highest BCUT2D eigenvalue weighted by Gasteiger charge is 2.16. The molecule has 0 aliphatic heterocycles. The molecule has 2 rings (SSSR count). The number of hydrogen-bond donors (Lipinski definition) is 1. The van der Waals surface area contributed by atoms with Crippen molar-refractivity contribution in [1.82, 2.24) is 4.90 Å². The summed E-state index contributed by atoms with van der Waals surface area (Å²) in [6, 6.07) is 9.08. The van der Waals surface area contributed by atoms with E-state index >= 15 is 0 Å². The Balaban J connectivity index is 1.99. The van der Waals surface area contributed by atoms with E-state index in [0.29, 0.717) is 12.3 Å². The summed E-state index contributed by atoms with van der Waals surface area (Å²) in [6.45, 7) is 4.05. The van der Waals surface area contributed by atoms with Crippen LogP contribution < -0.4 is 4.74 Å². The number of carbonyl (C=O) groups excluding carboxylic acids is 1. The molecule has 0 bridgehead atoms. The Morgan fingerprint density at radius 3 is 2.39 bits per heavy atom. The van der Waals surface area contributed by atoms with Gasteiger partial charge >= 0.3 is 5.97 Å². The Kier molecular flexibility index (Phi) is 5.39. The summed E-state index contributed by atoms with van der Waals surface area (Å²) >= 11 is 1.51. The molecular weight excluding hydrogens is 314 g/mol. The first-order valence-electron chi connectivity index (χ1n) is 7.13. The Hall–Kier alpha value is -2.34. The van der Waals surface area contributed by atoms with E-state index in [1.165, 1.54) is 11.3 Å². The summed E-state index contributed by atoms with van der Waals surface area (Å²) in [5.74, 6) is -0.511. The van der Waals surface area contributed by atoms with Crippen LogP contribution in [0, 0.1) is 13.8 Å². The van der Waals surface area contributed by atoms with Gasteiger partial charge in [-0.25, -0.2) is 4.79 Å². The van der Waals surface area contributed by atoms with Crippen molar-refractivity contribution in [3.8, 4) is 5.75 Å². The maximum Gasteiger partial charge on any atom is 0.341 e. The van der Waals surface area contributed by atoms with Gasteiger partial charge in [-0.05, 0) is 43.2 Å². The van der Waals surface area contributed by atoms with Gasteiger partial charge in [0.1, 0.15) is 5.75 Å². The number of hydrogen-bond acceptors (Lipinski definition) is 4. The number of rotatable bonds is 6. The first kappa shape index (κ1) is 17.0. The van der Waals surface area contributed by atoms with Gasteiger partial charge in [-0.15, -0.1) is 11.3 Å². The Bertz CT molecular complexity index is 706. The lowest BCUT2D eigenvalue weighted by atomic mass is 10.2. The molecule has 0 saturated carbocycles. The number of carbonyl (C=O) groups is 2. The first-order valence-corrected chi connectivity index (χ1v) is 7.94. The van der Waals surface area contributed by atoms with E-state index in [-0.39, 0.29) is 12.5 Å². The molecule has 2 aromatic rings. The summed E-state index contributed by atoms with van der Waals surface area (Å²) in [6.07, 6.45) is 0. The standard InChI is InChI=1S/C17H19NO4S/c1-11-8-12(2)23-16(11)17(21)18(3)9-13-4-6-14(7-5-13)22-10-15(19)20/h4-8H,9-10H2,1-3H3,(H,19,20). The zero-order valence-corrected chi connectivity index (χ0v) is 14.1. The van der Waals surface area contributed by atoms with Crippen molar-refractivity contribution >= 4 is 23.2 Å². The number of carboxylic acid groups (broad SMARTS) is 1. The quantitative estimate of drug-likeness (QED) is 0.882. The topological polar surface area (TPSA) is 66.8 Å². The third kappa shape index (κ3) is 4.56. The van der Waals surface area contributed by atoms with Gasteiger partial charge in [-0.3, -0.25) is 4.79 Å². The Morgan fingerprint density at radius 1 is 1.22 bits per heavy atom. The smallest absolute Gasteiger partial charge is 0.341 e. The van der Waals surface area contributed by atoms with E-state index < -0.39 is 5.97 Å². The number of aliphatic carboxylic acids is 1. The Morgan fingerprint density at radius 2 is 1.87 bits per heavy atom. The molecule has 0 atom stereocenters. The van der Waals surface area contributed by atoms with Crippen molar-refractivity contribution in [1.29, 1.82) is 0 Å². The molecule has 0 spiro atoms. The molecule has 5 nitrogen and oxygen atoms in total. The van der Waals surface area contributed by atoms with Crippen molar-refractivity contribution in [2.24, 2.45) is 0 Å². The summed E-state index contributed by atoms with van der Waals surface area (Å²) in [4.78, 5) is 26.5. The predicted octanol–water partition coefficient (Wildman–Crippen LogP) is 3.10. The van der Waals surface area contributed by atoms with Crippen molar-refractivity contribution in [2.45, 2.75) is 20.4 Å². The lowest BCUT2D eigenvalue weighted by Gasteiger charge is -2.17. The zero-order valence-electron chi connectivity index (χ0n) is 13.3. The van der Waals surface area contributed by atoms with E-state index in [0.717, 1.165) is 20.9 Å². The van der Waals surface area contributed by atoms with E-state index in [1.54, 1.807) is 24.1 Å². The maximum atomic E-state index is 12.5. The predicted molar refractivity (Wildman–Crippen MR) is 89.2 cm³/mol. The molecule has 0 saturated heterocycles. The molecule has 1 aromatic carbocycles. The van der Waals surface area contributed by atoms with Crippen LogP contribution in [0.4, 0.5) is 0 Å². The summed E-state index contributed by atoms with van der Waals surface area (Å²) in [5, 5.41) is 8.57. The summed E-state index contributed by atoms with van der Waals surface area (Å²) in [7, 11) is 1.77. The molecule has 0 aliphatic rings. The van der Waals surface area contributed by atoms with Crippen LogP contribution in [-0.4, -0.2) is 35.5 Å². The molecular formula is C17H19NO4S. The minimum absolute atomic E-state index is 0.00630. The van der Waals surface area contributed by atoms with E-state index in [2.05, 4.69) is 0 Å². The van der Waals surface area contributed by atoms with Crippen LogP contribution in [0.25, 0.3) is 0 Å². The fourth-order valence-electron chi connectivity index (χ4n) is 2.21. The molecule has 0 aliphatic carbocycles.